The summed E-state index contributed by atoms with van der Waals surface area (Å²) >= 11 is 6.92. The average Bonchev–Trinajstić information content (AvgIpc) is 3.28. The van der Waals surface area contributed by atoms with Crippen molar-refractivity contribution in [2.24, 2.45) is 10.8 Å². The van der Waals surface area contributed by atoms with Crippen molar-refractivity contribution >= 4 is 107 Å². The second-order valence-electron chi connectivity index (χ2n) is 15.9. The molecule has 0 amide bonds. The van der Waals surface area contributed by atoms with Gasteiger partial charge in [-0.15, -0.1) is 0 Å². The molecule has 3 N–H and O–H groups in total. The van der Waals surface area contributed by atoms with Crippen molar-refractivity contribution < 1.29 is 37.0 Å². The molecule has 0 aromatic heterocycles. The van der Waals surface area contributed by atoms with Crippen molar-refractivity contribution in [3.63, 3.8) is 0 Å². The molecule has 0 radical (unpaired) electrons. The van der Waals surface area contributed by atoms with Gasteiger partial charge in [0.05, 0.1) is 23.3 Å². The van der Waals surface area contributed by atoms with Crippen molar-refractivity contribution in [1.82, 2.24) is 0 Å². The number of carbonyl (C=O) groups is 2. The highest BCUT2D eigenvalue weighted by Gasteiger charge is 2.51. The number of hydrogen-bond donors (Lipinski definition) is 3. The summed E-state index contributed by atoms with van der Waals surface area (Å²) in [5, 5.41) is 17.3. The maximum absolute atomic E-state index is 14.3. The molecule has 0 bridgehead atoms. The third-order valence-electron chi connectivity index (χ3n) is 9.57. The van der Waals surface area contributed by atoms with Crippen LogP contribution >= 0.6 is 67.8 Å². The van der Waals surface area contributed by atoms with Gasteiger partial charge in [-0.2, -0.15) is 13.0 Å². The van der Waals surface area contributed by atoms with Crippen LogP contribution in [0.25, 0.3) is 4.85 Å². The van der Waals surface area contributed by atoms with E-state index in [1.165, 1.54) is 0 Å². The van der Waals surface area contributed by atoms with Crippen LogP contribution in [0.2, 0.25) is 0 Å². The molecule has 2 heterocycles. The molecule has 288 valence electrons. The molecule has 1 atom stereocenters. The van der Waals surface area contributed by atoms with Gasteiger partial charge in [0.1, 0.15) is 18.1 Å². The minimum absolute atomic E-state index is 0.0601. The van der Waals surface area contributed by atoms with Gasteiger partial charge in [0, 0.05) is 63.2 Å². The van der Waals surface area contributed by atoms with Crippen LogP contribution in [-0.2, 0) is 29.9 Å². The number of unbranched alkanes of at least 4 members (excludes halogenated alkanes) is 2. The fraction of sp³-hybridized carbons (Fsp3) is 0.450. The summed E-state index contributed by atoms with van der Waals surface area (Å²) in [6.07, 6.45) is 9.93. The summed E-state index contributed by atoms with van der Waals surface area (Å²) in [7, 11) is -4.25. The monoisotopic (exact) mass is 1090 g/mol. The number of rotatable bonds is 13. The van der Waals surface area contributed by atoms with E-state index in [4.69, 9.17) is 16.7 Å². The number of Topliss-reactive ketones (excluding diaryl/α,β-unsaturated/α-hetero) is 1. The van der Waals surface area contributed by atoms with Gasteiger partial charge in [-0.25, -0.2) is 4.85 Å². The van der Waals surface area contributed by atoms with Gasteiger partial charge in [0.15, 0.2) is 11.5 Å². The number of carboxylic acids is 1. The Kier molecular flexibility index (Phi) is 13.9. The predicted octanol–water partition coefficient (Wildman–Crippen LogP) is 9.84. The second-order valence-corrected chi connectivity index (χ2v) is 20.8. The van der Waals surface area contributed by atoms with Gasteiger partial charge in [-0.1, -0.05) is 54.4 Å². The summed E-state index contributed by atoms with van der Waals surface area (Å²) in [6, 6.07) is 2.04. The minimum Gasteiger partial charge on any atom is -0.481 e. The fourth-order valence-electron chi connectivity index (χ4n) is 6.72. The van der Waals surface area contributed by atoms with E-state index in [9.17, 15) is 27.7 Å². The maximum Gasteiger partial charge on any atom is 0.303 e. The molecule has 1 aliphatic carbocycles. The number of carbonyl (C=O) groups excluding carboxylic acids is 1. The number of hydrogen-bond acceptors (Lipinski definition) is 6. The Bertz CT molecular complexity index is 2170. The summed E-state index contributed by atoms with van der Waals surface area (Å²) < 4.78 is 44.6. The van der Waals surface area contributed by atoms with E-state index in [1.807, 2.05) is 64.3 Å². The number of nitrogens with one attached hydrogen (secondary N) is 1. The zero-order valence-electron chi connectivity index (χ0n) is 31.4. The summed E-state index contributed by atoms with van der Waals surface area (Å²) in [6.45, 7) is 22.5. The number of ketones is 1. The van der Waals surface area contributed by atoms with Crippen LogP contribution in [0.15, 0.2) is 69.9 Å². The molecule has 1 unspecified atom stereocenters. The first-order chi connectivity index (χ1) is 24.9. The van der Waals surface area contributed by atoms with E-state index >= 15 is 0 Å². The van der Waals surface area contributed by atoms with Crippen LogP contribution in [0, 0.1) is 33.5 Å². The highest BCUT2D eigenvalue weighted by Crippen LogP contribution is 2.50. The predicted molar refractivity (Wildman–Crippen MR) is 236 cm³/mol. The quantitative estimate of drug-likeness (QED) is 0.0260. The first-order valence-electron chi connectivity index (χ1n) is 17.5. The van der Waals surface area contributed by atoms with E-state index in [0.29, 0.717) is 31.3 Å². The molecule has 54 heavy (non-hydrogen) atoms. The minimum atomic E-state index is -4.25. The topological polar surface area (TPSA) is 149 Å². The third-order valence-corrected chi connectivity index (χ3v) is 15.5. The number of halogens is 3. The zero-order valence-corrected chi connectivity index (χ0v) is 38.7. The Labute approximate surface area is 359 Å². The zero-order chi connectivity index (χ0) is 40.6. The Morgan fingerprint density at radius 3 is 2.17 bits per heavy atom. The maximum atomic E-state index is 14.3. The molecule has 4 rings (SSSR count). The van der Waals surface area contributed by atoms with Gasteiger partial charge in [-0.3, -0.25) is 19.6 Å². The smallest absolute Gasteiger partial charge is 0.303 e. The molecule has 14 heteroatoms. The van der Waals surface area contributed by atoms with Crippen LogP contribution < -0.4 is 0 Å². The van der Waals surface area contributed by atoms with Crippen LogP contribution in [0.5, 0.6) is 0 Å². The molecular weight excluding hydrogens is 1050 g/mol. The van der Waals surface area contributed by atoms with E-state index in [-0.39, 0.29) is 52.8 Å². The van der Waals surface area contributed by atoms with Crippen molar-refractivity contribution in [2.45, 2.75) is 92.4 Å². The molecule has 0 saturated carbocycles. The standard InChI is InChI=1S/C40H44I3N3O7S/c1-38(2,3)30-18-23(19-31(53-30)39(4,5)6)17-24-33(27(22-44)45-8)25(37(24)49)20-29-40(7,14-11-9-10-13-32(47)48)34-28(21-26(41)35(42)36(34)43)46(29)15-12-16-54(50,51)52/h17-21,44H,9-16H2,1-7H3,(H-,47,48,50,51,52)/p+1. The lowest BCUT2D eigenvalue weighted by Gasteiger charge is -2.33. The fourth-order valence-corrected chi connectivity index (χ4v) is 9.89. The van der Waals surface area contributed by atoms with Crippen molar-refractivity contribution in [3.05, 3.63) is 97.6 Å². The lowest BCUT2D eigenvalue weighted by molar-refractivity contribution is -0.437. The molecule has 0 saturated heterocycles. The molecule has 0 spiro atoms. The average molecular weight is 1090 g/mol. The molecule has 0 fully saturated rings. The van der Waals surface area contributed by atoms with Gasteiger partial charge in [0.25, 0.3) is 15.8 Å². The number of carboxylic acid groups (broad SMARTS) is 1. The highest BCUT2D eigenvalue weighted by molar-refractivity contribution is 14.1. The summed E-state index contributed by atoms with van der Waals surface area (Å²) in [5.41, 5.74) is 2.68. The lowest BCUT2D eigenvalue weighted by Crippen LogP contribution is -2.34. The van der Waals surface area contributed by atoms with Gasteiger partial charge in [0.2, 0.25) is 5.69 Å². The molecular formula is C40H45I3N3O7S+. The van der Waals surface area contributed by atoms with Crippen LogP contribution in [0.3, 0.4) is 0 Å². The van der Waals surface area contributed by atoms with E-state index in [2.05, 4.69) is 85.4 Å². The molecule has 10 nitrogen and oxygen atoms in total. The van der Waals surface area contributed by atoms with Crippen LogP contribution in [0.1, 0.15) is 92.6 Å². The van der Waals surface area contributed by atoms with Gasteiger partial charge < -0.3 is 9.84 Å². The SMILES string of the molecule is [C-]#[N+]C(=C=N)C1=C(C=C2C=C(C(C)(C)C)OC(C(C)(C)C)=C2)C(=O)C1=CC1=[N+](CCCS(=O)(=O)O)c2cc(I)c(I)c(I)c2C1(C)CCCCCC(=O)O. The Morgan fingerprint density at radius 1 is 1.04 bits per heavy atom. The highest BCUT2D eigenvalue weighted by atomic mass is 127. The van der Waals surface area contributed by atoms with Crippen LogP contribution in [-0.4, -0.2) is 58.3 Å². The van der Waals surface area contributed by atoms with E-state index < -0.39 is 27.3 Å². The summed E-state index contributed by atoms with van der Waals surface area (Å²) in [5.74, 6) is 2.11. The third kappa shape index (κ3) is 9.74. The lowest BCUT2D eigenvalue weighted by atomic mass is 9.72. The number of benzene rings is 1. The second kappa shape index (κ2) is 17.0. The number of aliphatic carboxylic acids is 1. The first kappa shape index (κ1) is 44.3. The normalized spacial score (nSPS) is 19.5. The van der Waals surface area contributed by atoms with Crippen molar-refractivity contribution in [2.75, 3.05) is 12.3 Å². The van der Waals surface area contributed by atoms with Crippen LogP contribution in [0.4, 0.5) is 5.69 Å². The molecule has 1 aromatic carbocycles. The molecule has 1 aromatic rings. The molecule has 3 aliphatic rings. The largest absolute Gasteiger partial charge is 0.481 e. The number of fused-ring (bicyclic) bond motifs is 1. The van der Waals surface area contributed by atoms with E-state index in [0.717, 1.165) is 44.8 Å². The van der Waals surface area contributed by atoms with Gasteiger partial charge in [-0.05, 0) is 117 Å². The van der Waals surface area contributed by atoms with E-state index in [1.54, 1.807) is 12.2 Å². The Balaban J connectivity index is 2.00. The Hall–Kier alpha value is -2.43. The van der Waals surface area contributed by atoms with Crippen molar-refractivity contribution in [1.29, 1.82) is 5.41 Å². The Morgan fingerprint density at radius 2 is 1.65 bits per heavy atom. The number of ether oxygens (including phenoxy) is 1. The molecule has 2 aliphatic heterocycles. The number of nitrogens with zero attached hydrogens (tertiary/aromatic N) is 2. The first-order valence-corrected chi connectivity index (χ1v) is 22.3. The van der Waals surface area contributed by atoms with Gasteiger partial charge >= 0.3 is 5.97 Å². The van der Waals surface area contributed by atoms with Crippen molar-refractivity contribution in [3.8, 4) is 0 Å². The summed E-state index contributed by atoms with van der Waals surface area (Å²) in [4.78, 5) is 29.2. The number of allylic oxidation sites excluding steroid dienone is 9.